The molecule has 0 atom stereocenters. The molecule has 1 fully saturated rings. The summed E-state index contributed by atoms with van der Waals surface area (Å²) in [7, 11) is -3.72. The van der Waals surface area contributed by atoms with Crippen molar-refractivity contribution >= 4 is 27.8 Å². The number of rotatable bonds is 5. The van der Waals surface area contributed by atoms with Gasteiger partial charge in [0.1, 0.15) is 0 Å². The summed E-state index contributed by atoms with van der Waals surface area (Å²) in [5.74, 6) is -1.89. The maximum atomic E-state index is 13.0. The number of esters is 1. The fraction of sp³-hybridized carbons (Fsp3) is 0.318. The number of fused-ring (bicyclic) bond motifs is 1. The van der Waals surface area contributed by atoms with E-state index in [4.69, 9.17) is 4.74 Å². The average Bonchev–Trinajstić information content (AvgIpc) is 2.98. The van der Waals surface area contributed by atoms with Crippen molar-refractivity contribution in [3.8, 4) is 0 Å². The zero-order valence-corrected chi connectivity index (χ0v) is 17.6. The van der Waals surface area contributed by atoms with Gasteiger partial charge in [-0.2, -0.15) is 4.31 Å². The predicted octanol–water partition coefficient (Wildman–Crippen LogP) is 2.66. The van der Waals surface area contributed by atoms with Crippen LogP contribution in [0.1, 0.15) is 56.8 Å². The molecule has 8 nitrogen and oxygen atoms in total. The monoisotopic (exact) mass is 442 g/mol. The zero-order chi connectivity index (χ0) is 22.0. The summed E-state index contributed by atoms with van der Waals surface area (Å²) in [4.78, 5) is 38.1. The van der Waals surface area contributed by atoms with E-state index in [1.165, 1.54) is 40.7 Å². The van der Waals surface area contributed by atoms with Crippen molar-refractivity contribution in [2.45, 2.75) is 30.6 Å². The Labute approximate surface area is 180 Å². The van der Waals surface area contributed by atoms with Crippen LogP contribution in [0.4, 0.5) is 0 Å². The third-order valence-electron chi connectivity index (χ3n) is 5.48. The quantitative estimate of drug-likeness (QED) is 0.521. The number of carbonyl (C=O) groups is 3. The molecule has 0 spiro atoms. The van der Waals surface area contributed by atoms with E-state index in [0.29, 0.717) is 13.1 Å². The fourth-order valence-electron chi connectivity index (χ4n) is 3.78. The number of carbonyl (C=O) groups excluding carboxylic acids is 3. The highest BCUT2D eigenvalue weighted by molar-refractivity contribution is 7.89. The lowest BCUT2D eigenvalue weighted by Gasteiger charge is -2.20. The maximum Gasteiger partial charge on any atom is 0.339 e. The van der Waals surface area contributed by atoms with Gasteiger partial charge < -0.3 is 4.74 Å². The second-order valence-electron chi connectivity index (χ2n) is 7.49. The van der Waals surface area contributed by atoms with E-state index in [9.17, 15) is 22.8 Å². The highest BCUT2D eigenvalue weighted by atomic mass is 32.2. The Morgan fingerprint density at radius 2 is 1.48 bits per heavy atom. The van der Waals surface area contributed by atoms with Crippen LogP contribution in [0, 0.1) is 0 Å². The van der Waals surface area contributed by atoms with E-state index in [1.807, 2.05) is 0 Å². The smallest absolute Gasteiger partial charge is 0.339 e. The highest BCUT2D eigenvalue weighted by Gasteiger charge is 2.36. The van der Waals surface area contributed by atoms with Crippen LogP contribution in [0.5, 0.6) is 0 Å². The summed E-state index contributed by atoms with van der Waals surface area (Å²) in [5.41, 5.74) is 0.552. The minimum absolute atomic E-state index is 0.0181. The zero-order valence-electron chi connectivity index (χ0n) is 16.8. The summed E-state index contributed by atoms with van der Waals surface area (Å²) >= 11 is 0. The molecule has 1 saturated heterocycles. The highest BCUT2D eigenvalue weighted by Crippen LogP contribution is 2.23. The molecule has 0 saturated carbocycles. The number of hydrogen-bond donors (Lipinski definition) is 0. The summed E-state index contributed by atoms with van der Waals surface area (Å²) in [6, 6.07) is 12.0. The Morgan fingerprint density at radius 1 is 0.871 bits per heavy atom. The van der Waals surface area contributed by atoms with Gasteiger partial charge in [0, 0.05) is 13.1 Å². The van der Waals surface area contributed by atoms with Gasteiger partial charge in [-0.25, -0.2) is 18.1 Å². The Morgan fingerprint density at radius 3 is 2.10 bits per heavy atom. The molecule has 31 heavy (non-hydrogen) atoms. The molecule has 2 aliphatic heterocycles. The second-order valence-corrected chi connectivity index (χ2v) is 9.43. The third-order valence-corrected chi connectivity index (χ3v) is 7.37. The Bertz CT molecular complexity index is 1100. The van der Waals surface area contributed by atoms with Gasteiger partial charge in [0.25, 0.3) is 11.8 Å². The predicted molar refractivity (Wildman–Crippen MR) is 111 cm³/mol. The molecule has 2 heterocycles. The largest absolute Gasteiger partial charge is 0.440 e. The third kappa shape index (κ3) is 4.11. The molecule has 2 aliphatic rings. The first-order valence-electron chi connectivity index (χ1n) is 10.1. The normalized spacial score (nSPS) is 17.4. The SMILES string of the molecule is O=C(OCN1C(=O)c2ccccc2C1=O)c1cccc(S(=O)(=O)N2CCCCCC2)c1. The van der Waals surface area contributed by atoms with Crippen LogP contribution < -0.4 is 0 Å². The standard InChI is InChI=1S/C22H22N2O6S/c25-20-18-10-3-4-11-19(18)21(26)24(20)15-30-22(27)16-8-7-9-17(14-16)31(28,29)23-12-5-1-2-6-13-23/h3-4,7-11,14H,1-2,5-6,12-13,15H2. The van der Waals surface area contributed by atoms with Crippen LogP contribution in [0.25, 0.3) is 0 Å². The molecular formula is C22H22N2O6S. The van der Waals surface area contributed by atoms with E-state index in [0.717, 1.165) is 30.6 Å². The van der Waals surface area contributed by atoms with Crippen LogP contribution in [0.15, 0.2) is 53.4 Å². The minimum atomic E-state index is -3.72. The molecule has 0 aromatic heterocycles. The Hall–Kier alpha value is -3.04. The first kappa shape index (κ1) is 21.2. The van der Waals surface area contributed by atoms with Crippen molar-refractivity contribution in [1.29, 1.82) is 0 Å². The molecule has 0 unspecified atom stereocenters. The average molecular weight is 442 g/mol. The van der Waals surface area contributed by atoms with Crippen LogP contribution in [0.3, 0.4) is 0 Å². The van der Waals surface area contributed by atoms with Crippen molar-refractivity contribution < 1.29 is 27.5 Å². The van der Waals surface area contributed by atoms with E-state index in [1.54, 1.807) is 12.1 Å². The van der Waals surface area contributed by atoms with Gasteiger partial charge in [-0.15, -0.1) is 0 Å². The van der Waals surface area contributed by atoms with Crippen molar-refractivity contribution in [1.82, 2.24) is 9.21 Å². The molecule has 0 aliphatic carbocycles. The van der Waals surface area contributed by atoms with Crippen molar-refractivity contribution in [2.24, 2.45) is 0 Å². The molecule has 2 aromatic carbocycles. The molecule has 0 radical (unpaired) electrons. The van der Waals surface area contributed by atoms with Gasteiger partial charge in [0.15, 0.2) is 6.73 Å². The summed E-state index contributed by atoms with van der Waals surface area (Å²) in [6.07, 6.45) is 3.61. The molecular weight excluding hydrogens is 420 g/mol. The van der Waals surface area contributed by atoms with E-state index < -0.39 is 34.5 Å². The van der Waals surface area contributed by atoms with Crippen molar-refractivity contribution in [3.63, 3.8) is 0 Å². The number of imide groups is 1. The Kier molecular flexibility index (Phi) is 5.88. The lowest BCUT2D eigenvalue weighted by atomic mass is 10.1. The van der Waals surface area contributed by atoms with Crippen molar-refractivity contribution in [2.75, 3.05) is 19.8 Å². The van der Waals surface area contributed by atoms with Gasteiger partial charge in [-0.1, -0.05) is 31.0 Å². The lowest BCUT2D eigenvalue weighted by Crippen LogP contribution is -2.33. The number of nitrogens with zero attached hydrogens (tertiary/aromatic N) is 2. The molecule has 0 N–H and O–H groups in total. The van der Waals surface area contributed by atoms with Crippen LogP contribution in [-0.4, -0.2) is 55.2 Å². The fourth-order valence-corrected chi connectivity index (χ4v) is 5.34. The van der Waals surface area contributed by atoms with Gasteiger partial charge >= 0.3 is 5.97 Å². The molecule has 0 bridgehead atoms. The number of amides is 2. The first-order valence-corrected chi connectivity index (χ1v) is 11.6. The number of benzene rings is 2. The van der Waals surface area contributed by atoms with Crippen LogP contribution >= 0.6 is 0 Å². The topological polar surface area (TPSA) is 101 Å². The molecule has 2 aromatic rings. The maximum absolute atomic E-state index is 13.0. The van der Waals surface area contributed by atoms with Gasteiger partial charge in [-0.3, -0.25) is 9.59 Å². The summed E-state index contributed by atoms with van der Waals surface area (Å²) in [6.45, 7) is 0.363. The number of ether oxygens (including phenoxy) is 1. The van der Waals surface area contributed by atoms with Gasteiger partial charge in [0.2, 0.25) is 10.0 Å². The van der Waals surface area contributed by atoms with E-state index >= 15 is 0 Å². The van der Waals surface area contributed by atoms with Crippen molar-refractivity contribution in [3.05, 3.63) is 65.2 Å². The van der Waals surface area contributed by atoms with Crippen LogP contribution in [0.2, 0.25) is 0 Å². The minimum Gasteiger partial charge on any atom is -0.440 e. The molecule has 162 valence electrons. The van der Waals surface area contributed by atoms with Gasteiger partial charge in [-0.05, 0) is 43.2 Å². The van der Waals surface area contributed by atoms with E-state index in [-0.39, 0.29) is 21.6 Å². The number of hydrogen-bond acceptors (Lipinski definition) is 6. The molecule has 4 rings (SSSR count). The molecule has 2 amide bonds. The lowest BCUT2D eigenvalue weighted by molar-refractivity contribution is 0.0228. The summed E-state index contributed by atoms with van der Waals surface area (Å²) in [5, 5.41) is 0. The summed E-state index contributed by atoms with van der Waals surface area (Å²) < 4.78 is 32.5. The Balaban J connectivity index is 1.47. The number of sulfonamides is 1. The second kappa shape index (κ2) is 8.60. The van der Waals surface area contributed by atoms with Crippen LogP contribution in [-0.2, 0) is 14.8 Å². The van der Waals surface area contributed by atoms with E-state index in [2.05, 4.69) is 0 Å². The molecule has 9 heteroatoms. The first-order chi connectivity index (χ1) is 14.9. The van der Waals surface area contributed by atoms with Gasteiger partial charge in [0.05, 0.1) is 21.6 Å².